The van der Waals surface area contributed by atoms with Crippen molar-refractivity contribution in [2.24, 2.45) is 5.92 Å². The predicted molar refractivity (Wildman–Crippen MR) is 136 cm³/mol. The Morgan fingerprint density at radius 3 is 2.46 bits per heavy atom. The summed E-state index contributed by atoms with van der Waals surface area (Å²) in [6.45, 7) is 6.37. The molecule has 37 heavy (non-hydrogen) atoms. The Morgan fingerprint density at radius 2 is 1.84 bits per heavy atom. The molecule has 0 bridgehead atoms. The smallest absolute Gasteiger partial charge is 0.415 e. The van der Waals surface area contributed by atoms with Crippen LogP contribution in [0.2, 0.25) is 0 Å². The van der Waals surface area contributed by atoms with E-state index in [1.807, 2.05) is 49.1 Å². The van der Waals surface area contributed by atoms with E-state index < -0.39 is 17.6 Å². The van der Waals surface area contributed by atoms with Gasteiger partial charge in [-0.05, 0) is 68.7 Å². The second kappa shape index (κ2) is 9.65. The van der Waals surface area contributed by atoms with E-state index in [1.165, 1.54) is 0 Å². The number of hydrogen-bond donors (Lipinski definition) is 2. The summed E-state index contributed by atoms with van der Waals surface area (Å²) in [7, 11) is 0. The molecule has 3 aliphatic rings. The summed E-state index contributed by atoms with van der Waals surface area (Å²) < 4.78 is 5.55. The van der Waals surface area contributed by atoms with Gasteiger partial charge in [-0.2, -0.15) is 0 Å². The van der Waals surface area contributed by atoms with E-state index in [4.69, 9.17) is 4.74 Å². The van der Waals surface area contributed by atoms with Crippen molar-refractivity contribution >= 4 is 23.8 Å². The molecule has 2 aromatic rings. The molecule has 2 aliphatic carbocycles. The van der Waals surface area contributed by atoms with E-state index in [0.717, 1.165) is 18.4 Å². The van der Waals surface area contributed by atoms with Gasteiger partial charge in [0.25, 0.3) is 11.8 Å². The fraction of sp³-hybridized carbons (Fsp3) is 0.448. The first-order valence-electron chi connectivity index (χ1n) is 13.0. The normalized spacial score (nSPS) is 23.0. The highest BCUT2D eigenvalue weighted by atomic mass is 16.6. The molecule has 5 rings (SSSR count). The van der Waals surface area contributed by atoms with Crippen molar-refractivity contribution < 1.29 is 23.9 Å². The highest BCUT2D eigenvalue weighted by Crippen LogP contribution is 2.51. The first-order chi connectivity index (χ1) is 17.7. The predicted octanol–water partition coefficient (Wildman–Crippen LogP) is 3.99. The maximum atomic E-state index is 13.8. The van der Waals surface area contributed by atoms with Gasteiger partial charge in [-0.3, -0.25) is 19.7 Å². The number of ether oxygens (including phenoxy) is 1. The zero-order chi connectivity index (χ0) is 26.3. The highest BCUT2D eigenvalue weighted by molar-refractivity contribution is 6.04. The van der Waals surface area contributed by atoms with Crippen molar-refractivity contribution in [3.8, 4) is 0 Å². The molecule has 1 saturated heterocycles. The Morgan fingerprint density at radius 1 is 1.11 bits per heavy atom. The molecule has 1 spiro atoms. The molecule has 0 aromatic heterocycles. The Hall–Kier alpha value is -3.68. The lowest BCUT2D eigenvalue weighted by Gasteiger charge is -2.31. The fourth-order valence-electron chi connectivity index (χ4n) is 5.64. The van der Waals surface area contributed by atoms with Crippen LogP contribution >= 0.6 is 0 Å². The van der Waals surface area contributed by atoms with E-state index in [9.17, 15) is 19.2 Å². The summed E-state index contributed by atoms with van der Waals surface area (Å²) in [5.41, 5.74) is 1.27. The fourth-order valence-corrected chi connectivity index (χ4v) is 5.64. The van der Waals surface area contributed by atoms with Crippen molar-refractivity contribution in [1.29, 1.82) is 0 Å². The number of carbonyl (C=O) groups excluding carboxylic acids is 4. The molecule has 8 heteroatoms. The standard InChI is InChI=1S/C29H33N3O5/c1-17(2)30-26(34)21-11-12-24-23(13-21)22(15-29(24)27(35)31-28(36)37-29)14-25(33)32(18(3)20-9-10-20)16-19-7-5-4-6-8-19/h4-8,11-13,17-18,20,22H,9-10,14-16H2,1-3H3,(H,30,34)(H,31,35,36)/t18-,22?,29+/m0/s1. The molecule has 2 N–H and O–H groups in total. The number of fused-ring (bicyclic) bond motifs is 2. The lowest BCUT2D eigenvalue weighted by Crippen LogP contribution is -2.40. The van der Waals surface area contributed by atoms with Crippen LogP contribution in [0.25, 0.3) is 0 Å². The largest absolute Gasteiger partial charge is 0.427 e. The molecule has 1 unspecified atom stereocenters. The van der Waals surface area contributed by atoms with E-state index in [0.29, 0.717) is 29.2 Å². The van der Waals surface area contributed by atoms with Gasteiger partial charge in [0.2, 0.25) is 11.5 Å². The van der Waals surface area contributed by atoms with Crippen LogP contribution in [0.15, 0.2) is 48.5 Å². The average Bonchev–Trinajstić information content (AvgIpc) is 3.61. The van der Waals surface area contributed by atoms with Gasteiger partial charge in [0, 0.05) is 42.6 Å². The first-order valence-corrected chi connectivity index (χ1v) is 13.0. The quantitative estimate of drug-likeness (QED) is 0.567. The Kier molecular flexibility index (Phi) is 6.52. The van der Waals surface area contributed by atoms with E-state index in [2.05, 4.69) is 17.6 Å². The molecule has 2 aromatic carbocycles. The van der Waals surface area contributed by atoms with Crippen LogP contribution in [0.4, 0.5) is 4.79 Å². The zero-order valence-electron chi connectivity index (χ0n) is 21.5. The summed E-state index contributed by atoms with van der Waals surface area (Å²) in [4.78, 5) is 53.5. The van der Waals surface area contributed by atoms with E-state index >= 15 is 0 Å². The third-order valence-corrected chi connectivity index (χ3v) is 7.72. The van der Waals surface area contributed by atoms with Crippen molar-refractivity contribution in [3.05, 3.63) is 70.8 Å². The number of nitrogens with one attached hydrogen (secondary N) is 2. The van der Waals surface area contributed by atoms with Crippen LogP contribution in [-0.4, -0.2) is 40.8 Å². The maximum absolute atomic E-state index is 13.8. The minimum Gasteiger partial charge on any atom is -0.427 e. The molecule has 1 saturated carbocycles. The Labute approximate surface area is 216 Å². The average molecular weight is 504 g/mol. The SMILES string of the molecule is CC(C)NC(=O)c1ccc2c(c1)C(CC(=O)N(Cc1ccccc1)[C@@H](C)C1CC1)C[C@@]21OC(=O)NC1=O. The molecule has 8 nitrogen and oxygen atoms in total. The minimum atomic E-state index is -1.48. The summed E-state index contributed by atoms with van der Waals surface area (Å²) in [5.74, 6) is -0.665. The van der Waals surface area contributed by atoms with Gasteiger partial charge in [-0.1, -0.05) is 36.4 Å². The number of rotatable bonds is 8. The number of amides is 4. The van der Waals surface area contributed by atoms with Gasteiger partial charge in [0.15, 0.2) is 0 Å². The van der Waals surface area contributed by atoms with Crippen molar-refractivity contribution in [3.63, 3.8) is 0 Å². The number of benzene rings is 2. The van der Waals surface area contributed by atoms with Crippen LogP contribution in [0.1, 0.15) is 79.4 Å². The van der Waals surface area contributed by atoms with Gasteiger partial charge in [-0.25, -0.2) is 4.79 Å². The van der Waals surface area contributed by atoms with Crippen molar-refractivity contribution in [1.82, 2.24) is 15.5 Å². The lowest BCUT2D eigenvalue weighted by molar-refractivity contribution is -0.136. The molecule has 2 fully saturated rings. The number of alkyl carbamates (subject to hydrolysis) is 1. The summed E-state index contributed by atoms with van der Waals surface area (Å²) >= 11 is 0. The maximum Gasteiger partial charge on any atom is 0.415 e. The molecule has 0 radical (unpaired) electrons. The monoisotopic (exact) mass is 503 g/mol. The van der Waals surface area contributed by atoms with Crippen LogP contribution in [-0.2, 0) is 26.5 Å². The van der Waals surface area contributed by atoms with Crippen LogP contribution in [0, 0.1) is 5.92 Å². The van der Waals surface area contributed by atoms with Gasteiger partial charge in [-0.15, -0.1) is 0 Å². The van der Waals surface area contributed by atoms with Crippen molar-refractivity contribution in [2.75, 3.05) is 0 Å². The van der Waals surface area contributed by atoms with Gasteiger partial charge in [0.05, 0.1) is 0 Å². The molecule has 194 valence electrons. The van der Waals surface area contributed by atoms with E-state index in [-0.39, 0.29) is 42.7 Å². The van der Waals surface area contributed by atoms with Crippen LogP contribution in [0.5, 0.6) is 0 Å². The molecule has 4 amide bonds. The van der Waals surface area contributed by atoms with Crippen LogP contribution < -0.4 is 10.6 Å². The minimum absolute atomic E-state index is 0.0157. The van der Waals surface area contributed by atoms with Gasteiger partial charge >= 0.3 is 6.09 Å². The molecular weight excluding hydrogens is 470 g/mol. The second-order valence-corrected chi connectivity index (χ2v) is 10.8. The Bertz CT molecular complexity index is 1240. The topological polar surface area (TPSA) is 105 Å². The number of imide groups is 1. The number of nitrogens with zero attached hydrogens (tertiary/aromatic N) is 1. The first kappa shape index (κ1) is 25.0. The molecule has 3 atom stereocenters. The second-order valence-electron chi connectivity index (χ2n) is 10.8. The zero-order valence-corrected chi connectivity index (χ0v) is 21.5. The molecule has 1 heterocycles. The van der Waals surface area contributed by atoms with Gasteiger partial charge < -0.3 is 15.0 Å². The number of hydrogen-bond acceptors (Lipinski definition) is 5. The Balaban J connectivity index is 1.46. The number of carbonyl (C=O) groups is 4. The highest BCUT2D eigenvalue weighted by Gasteiger charge is 2.57. The summed E-state index contributed by atoms with van der Waals surface area (Å²) in [6.07, 6.45) is 1.74. The third kappa shape index (κ3) is 4.84. The molecule has 1 aliphatic heterocycles. The summed E-state index contributed by atoms with van der Waals surface area (Å²) in [5, 5.41) is 5.13. The summed E-state index contributed by atoms with van der Waals surface area (Å²) in [6, 6.07) is 15.0. The van der Waals surface area contributed by atoms with Gasteiger partial charge in [0.1, 0.15) is 0 Å². The van der Waals surface area contributed by atoms with E-state index in [1.54, 1.807) is 18.2 Å². The lowest BCUT2D eigenvalue weighted by atomic mass is 9.93. The van der Waals surface area contributed by atoms with Crippen LogP contribution in [0.3, 0.4) is 0 Å². The van der Waals surface area contributed by atoms with Crippen molar-refractivity contribution in [2.45, 2.75) is 76.6 Å². The third-order valence-electron chi connectivity index (χ3n) is 7.72. The molecular formula is C29H33N3O5.